The first-order valence-corrected chi connectivity index (χ1v) is 9.84. The van der Waals surface area contributed by atoms with E-state index in [9.17, 15) is 4.79 Å². The van der Waals surface area contributed by atoms with Gasteiger partial charge in [0.2, 0.25) is 0 Å². The van der Waals surface area contributed by atoms with Crippen LogP contribution in [0.1, 0.15) is 21.6 Å². The second-order valence-corrected chi connectivity index (χ2v) is 7.35. The number of fused-ring (bicyclic) bond motifs is 3. The van der Waals surface area contributed by atoms with Crippen molar-refractivity contribution in [1.29, 1.82) is 0 Å². The zero-order valence-electron chi connectivity index (χ0n) is 16.5. The summed E-state index contributed by atoms with van der Waals surface area (Å²) in [6, 6.07) is 21.9. The number of aromatic amines is 1. The molecule has 0 spiro atoms. The van der Waals surface area contributed by atoms with Gasteiger partial charge >= 0.3 is 0 Å². The van der Waals surface area contributed by atoms with E-state index in [1.54, 1.807) is 12.4 Å². The molecule has 146 valence electrons. The molecule has 2 N–H and O–H groups in total. The molecule has 5 nitrogen and oxygen atoms in total. The molecule has 0 aliphatic heterocycles. The lowest BCUT2D eigenvalue weighted by atomic mass is 10.0. The molecule has 3 heterocycles. The van der Waals surface area contributed by atoms with Gasteiger partial charge < -0.3 is 10.3 Å². The molecule has 5 rings (SSSR count). The van der Waals surface area contributed by atoms with Gasteiger partial charge in [0.15, 0.2) is 0 Å². The van der Waals surface area contributed by atoms with E-state index in [4.69, 9.17) is 4.98 Å². The predicted octanol–water partition coefficient (Wildman–Crippen LogP) is 5.02. The second-order valence-electron chi connectivity index (χ2n) is 7.35. The van der Waals surface area contributed by atoms with Crippen LogP contribution in [0.5, 0.6) is 0 Å². The summed E-state index contributed by atoms with van der Waals surface area (Å²) in [4.78, 5) is 25.2. The Labute approximate surface area is 173 Å². The van der Waals surface area contributed by atoms with E-state index in [0.717, 1.165) is 38.6 Å². The van der Waals surface area contributed by atoms with Crippen molar-refractivity contribution in [1.82, 2.24) is 20.3 Å². The van der Waals surface area contributed by atoms with Gasteiger partial charge in [-0.05, 0) is 36.8 Å². The van der Waals surface area contributed by atoms with Crippen molar-refractivity contribution in [2.24, 2.45) is 0 Å². The van der Waals surface area contributed by atoms with Gasteiger partial charge in [0.1, 0.15) is 5.69 Å². The van der Waals surface area contributed by atoms with Crippen LogP contribution >= 0.6 is 0 Å². The maximum atomic E-state index is 13.0. The summed E-state index contributed by atoms with van der Waals surface area (Å²) in [5.74, 6) is -0.202. The zero-order valence-corrected chi connectivity index (χ0v) is 16.5. The molecule has 0 unspecified atom stereocenters. The summed E-state index contributed by atoms with van der Waals surface area (Å²) in [5, 5.41) is 5.03. The molecule has 3 aromatic heterocycles. The van der Waals surface area contributed by atoms with Gasteiger partial charge in [-0.25, -0.2) is 4.98 Å². The minimum absolute atomic E-state index is 0.202. The third-order valence-corrected chi connectivity index (χ3v) is 5.26. The van der Waals surface area contributed by atoms with Crippen LogP contribution in [-0.4, -0.2) is 20.9 Å². The van der Waals surface area contributed by atoms with E-state index < -0.39 is 0 Å². The number of benzene rings is 2. The fraction of sp³-hybridized carbons (Fsp3) is 0.0800. The van der Waals surface area contributed by atoms with Gasteiger partial charge in [0, 0.05) is 40.8 Å². The van der Waals surface area contributed by atoms with E-state index in [-0.39, 0.29) is 5.91 Å². The molecule has 0 bridgehead atoms. The maximum Gasteiger partial charge on any atom is 0.270 e. The second kappa shape index (κ2) is 7.44. The lowest BCUT2D eigenvalue weighted by Crippen LogP contribution is -2.24. The normalized spacial score (nSPS) is 11.1. The van der Waals surface area contributed by atoms with Gasteiger partial charge in [-0.1, -0.05) is 48.0 Å². The van der Waals surface area contributed by atoms with Crippen LogP contribution < -0.4 is 5.32 Å². The molecule has 0 saturated carbocycles. The third-order valence-electron chi connectivity index (χ3n) is 5.26. The molecular weight excluding hydrogens is 372 g/mol. The monoisotopic (exact) mass is 392 g/mol. The van der Waals surface area contributed by atoms with E-state index >= 15 is 0 Å². The van der Waals surface area contributed by atoms with Crippen molar-refractivity contribution in [3.8, 4) is 11.3 Å². The molecule has 0 fully saturated rings. The number of aryl methyl sites for hydroxylation is 1. The average Bonchev–Trinajstić information content (AvgIpc) is 3.17. The Bertz CT molecular complexity index is 1360. The van der Waals surface area contributed by atoms with Crippen LogP contribution in [0, 0.1) is 6.92 Å². The largest absolute Gasteiger partial charge is 0.353 e. The zero-order chi connectivity index (χ0) is 20.5. The summed E-state index contributed by atoms with van der Waals surface area (Å²) in [6.07, 6.45) is 3.43. The van der Waals surface area contributed by atoms with Crippen LogP contribution in [0.4, 0.5) is 0 Å². The highest BCUT2D eigenvalue weighted by Crippen LogP contribution is 2.32. The van der Waals surface area contributed by atoms with Crippen molar-refractivity contribution >= 4 is 27.7 Å². The number of carbonyl (C=O) groups is 1. The van der Waals surface area contributed by atoms with Crippen molar-refractivity contribution < 1.29 is 4.79 Å². The summed E-state index contributed by atoms with van der Waals surface area (Å²) >= 11 is 0. The molecule has 0 saturated heterocycles. The maximum absolute atomic E-state index is 13.0. The average molecular weight is 392 g/mol. The van der Waals surface area contributed by atoms with Crippen LogP contribution in [0.15, 0.2) is 79.1 Å². The molecule has 30 heavy (non-hydrogen) atoms. The standard InChI is InChI=1S/C25H20N4O/c1-16-6-8-18(9-7-16)23-24-20(19-4-2-3-5-21(19)28-24)14-22(29-23)25(30)27-15-17-10-12-26-13-11-17/h2-14,28H,15H2,1H3,(H,27,30). The highest BCUT2D eigenvalue weighted by atomic mass is 16.1. The van der Waals surface area contributed by atoms with Gasteiger partial charge in [-0.2, -0.15) is 0 Å². The number of para-hydroxylation sites is 1. The first-order chi connectivity index (χ1) is 14.7. The fourth-order valence-corrected chi connectivity index (χ4v) is 3.66. The SMILES string of the molecule is Cc1ccc(-c2nc(C(=O)NCc3ccncc3)cc3c2[nH]c2ccccc23)cc1. The van der Waals surface area contributed by atoms with Crippen molar-refractivity contribution in [2.75, 3.05) is 0 Å². The quantitative estimate of drug-likeness (QED) is 0.451. The topological polar surface area (TPSA) is 70.7 Å². The Morgan fingerprint density at radius 1 is 0.967 bits per heavy atom. The number of H-pyrrole nitrogens is 1. The van der Waals surface area contributed by atoms with Gasteiger partial charge in [0.05, 0.1) is 11.2 Å². The first-order valence-electron chi connectivity index (χ1n) is 9.84. The van der Waals surface area contributed by atoms with Crippen LogP contribution in [-0.2, 0) is 6.54 Å². The predicted molar refractivity (Wildman–Crippen MR) is 119 cm³/mol. The molecular formula is C25H20N4O. The molecule has 2 aromatic carbocycles. The van der Waals surface area contributed by atoms with E-state index in [0.29, 0.717) is 12.2 Å². The smallest absolute Gasteiger partial charge is 0.270 e. The van der Waals surface area contributed by atoms with Gasteiger partial charge in [-0.15, -0.1) is 0 Å². The van der Waals surface area contributed by atoms with Crippen LogP contribution in [0.25, 0.3) is 33.1 Å². The number of nitrogens with zero attached hydrogens (tertiary/aromatic N) is 2. The molecule has 0 aliphatic carbocycles. The van der Waals surface area contributed by atoms with Crippen molar-refractivity contribution in [3.63, 3.8) is 0 Å². The van der Waals surface area contributed by atoms with E-state index in [1.807, 2.05) is 48.5 Å². The first kappa shape index (κ1) is 18.1. The van der Waals surface area contributed by atoms with Crippen LogP contribution in [0.2, 0.25) is 0 Å². The minimum atomic E-state index is -0.202. The fourth-order valence-electron chi connectivity index (χ4n) is 3.66. The Hall–Kier alpha value is -3.99. The number of hydrogen-bond acceptors (Lipinski definition) is 3. The summed E-state index contributed by atoms with van der Waals surface area (Å²) < 4.78 is 0. The lowest BCUT2D eigenvalue weighted by Gasteiger charge is -2.09. The Morgan fingerprint density at radius 2 is 1.73 bits per heavy atom. The molecule has 0 aliphatic rings. The van der Waals surface area contributed by atoms with Crippen LogP contribution in [0.3, 0.4) is 0 Å². The summed E-state index contributed by atoms with van der Waals surface area (Å²) in [6.45, 7) is 2.48. The number of pyridine rings is 2. The highest BCUT2D eigenvalue weighted by Gasteiger charge is 2.17. The lowest BCUT2D eigenvalue weighted by molar-refractivity contribution is 0.0946. The van der Waals surface area contributed by atoms with Gasteiger partial charge in [-0.3, -0.25) is 9.78 Å². The number of aromatic nitrogens is 3. The Balaban J connectivity index is 1.62. The third kappa shape index (κ3) is 3.31. The molecule has 5 heteroatoms. The Kier molecular flexibility index (Phi) is 4.48. The van der Waals surface area contributed by atoms with E-state index in [1.165, 1.54) is 5.56 Å². The number of nitrogens with one attached hydrogen (secondary N) is 2. The number of rotatable bonds is 4. The highest BCUT2D eigenvalue weighted by molar-refractivity contribution is 6.13. The van der Waals surface area contributed by atoms with Gasteiger partial charge in [0.25, 0.3) is 5.91 Å². The summed E-state index contributed by atoms with van der Waals surface area (Å²) in [5.41, 5.74) is 6.28. The number of hydrogen-bond donors (Lipinski definition) is 2. The Morgan fingerprint density at radius 3 is 2.53 bits per heavy atom. The van der Waals surface area contributed by atoms with Crippen molar-refractivity contribution in [2.45, 2.75) is 13.5 Å². The molecule has 0 atom stereocenters. The molecule has 1 amide bonds. The minimum Gasteiger partial charge on any atom is -0.353 e. The van der Waals surface area contributed by atoms with Crippen molar-refractivity contribution in [3.05, 3.63) is 95.9 Å². The number of amides is 1. The summed E-state index contributed by atoms with van der Waals surface area (Å²) in [7, 11) is 0. The molecule has 5 aromatic rings. The molecule has 0 radical (unpaired) electrons. The van der Waals surface area contributed by atoms with E-state index in [2.05, 4.69) is 40.4 Å². The number of carbonyl (C=O) groups excluding carboxylic acids is 1.